The zero-order chi connectivity index (χ0) is 21.8. The number of carbonyl (C=O) groups excluding carboxylic acids is 3. The van der Waals surface area contributed by atoms with Gasteiger partial charge in [0.1, 0.15) is 5.71 Å². The molecule has 156 valence electrons. The average molecular weight is 437 g/mol. The monoisotopic (exact) mass is 436 g/mol. The molecule has 8 nitrogen and oxygen atoms in total. The van der Waals surface area contributed by atoms with Gasteiger partial charge in [-0.1, -0.05) is 29.8 Å². The average Bonchev–Trinajstić information content (AvgIpc) is 3.32. The van der Waals surface area contributed by atoms with Crippen LogP contribution in [-0.2, 0) is 9.59 Å². The maximum atomic E-state index is 12.9. The van der Waals surface area contributed by atoms with Crippen molar-refractivity contribution in [2.75, 3.05) is 15.6 Å². The van der Waals surface area contributed by atoms with Gasteiger partial charge in [0, 0.05) is 17.9 Å². The highest BCUT2D eigenvalue weighted by Gasteiger charge is 2.26. The number of hydrogen-bond donors (Lipinski definition) is 2. The minimum Gasteiger partial charge on any atom is -0.459 e. The molecule has 0 fully saturated rings. The van der Waals surface area contributed by atoms with Gasteiger partial charge in [-0.3, -0.25) is 14.4 Å². The molecule has 2 N–H and O–H groups in total. The Bertz CT molecular complexity index is 1160. The smallest absolute Gasteiger partial charge is 0.291 e. The lowest BCUT2D eigenvalue weighted by Crippen LogP contribution is -2.36. The quantitative estimate of drug-likeness (QED) is 0.621. The van der Waals surface area contributed by atoms with Crippen molar-refractivity contribution in [1.82, 2.24) is 0 Å². The third-order valence-electron chi connectivity index (χ3n) is 4.52. The predicted octanol–water partition coefficient (Wildman–Crippen LogP) is 4.31. The van der Waals surface area contributed by atoms with Crippen LogP contribution in [0.3, 0.4) is 0 Å². The molecule has 0 unspecified atom stereocenters. The van der Waals surface area contributed by atoms with Gasteiger partial charge in [0.25, 0.3) is 11.8 Å². The van der Waals surface area contributed by atoms with E-state index in [1.54, 1.807) is 42.5 Å². The van der Waals surface area contributed by atoms with E-state index in [0.29, 0.717) is 22.1 Å². The fourth-order valence-electron chi connectivity index (χ4n) is 3.00. The third kappa shape index (κ3) is 4.65. The van der Waals surface area contributed by atoms with Crippen LogP contribution in [0.1, 0.15) is 23.4 Å². The first-order valence-corrected chi connectivity index (χ1v) is 9.80. The molecular weight excluding hydrogens is 420 g/mol. The molecule has 0 spiro atoms. The Morgan fingerprint density at radius 3 is 2.45 bits per heavy atom. The van der Waals surface area contributed by atoms with Crippen LogP contribution < -0.4 is 15.6 Å². The molecule has 1 aromatic heterocycles. The molecule has 0 radical (unpaired) electrons. The van der Waals surface area contributed by atoms with Crippen LogP contribution in [0.15, 0.2) is 76.4 Å². The summed E-state index contributed by atoms with van der Waals surface area (Å²) in [6.07, 6.45) is 1.75. The lowest BCUT2D eigenvalue weighted by molar-refractivity contribution is -0.118. The van der Waals surface area contributed by atoms with Gasteiger partial charge in [-0.2, -0.15) is 5.10 Å². The Morgan fingerprint density at radius 2 is 1.71 bits per heavy atom. The zero-order valence-electron chi connectivity index (χ0n) is 16.2. The Morgan fingerprint density at radius 1 is 0.935 bits per heavy atom. The summed E-state index contributed by atoms with van der Waals surface area (Å²) in [5.41, 5.74) is 1.41. The molecule has 1 aliphatic heterocycles. The van der Waals surface area contributed by atoms with Crippen molar-refractivity contribution in [1.29, 1.82) is 0 Å². The number of para-hydroxylation sites is 1. The second kappa shape index (κ2) is 8.85. The fraction of sp³-hybridized carbons (Fsp3) is 0.0909. The van der Waals surface area contributed by atoms with Gasteiger partial charge in [0.2, 0.25) is 5.91 Å². The van der Waals surface area contributed by atoms with Gasteiger partial charge in [-0.25, -0.2) is 5.01 Å². The summed E-state index contributed by atoms with van der Waals surface area (Å²) in [6, 6.07) is 16.7. The molecule has 31 heavy (non-hydrogen) atoms. The van der Waals surface area contributed by atoms with Crippen molar-refractivity contribution < 1.29 is 18.8 Å². The lowest BCUT2D eigenvalue weighted by Gasteiger charge is -2.23. The van der Waals surface area contributed by atoms with E-state index in [4.69, 9.17) is 16.0 Å². The molecule has 0 bridgehead atoms. The van der Waals surface area contributed by atoms with Gasteiger partial charge < -0.3 is 15.1 Å². The highest BCUT2D eigenvalue weighted by molar-refractivity contribution is 6.44. The normalized spacial score (nSPS) is 13.5. The first kappa shape index (κ1) is 20.4. The highest BCUT2D eigenvalue weighted by atomic mass is 35.5. The number of hydrogen-bond acceptors (Lipinski definition) is 5. The number of halogens is 1. The summed E-state index contributed by atoms with van der Waals surface area (Å²) >= 11 is 6.06. The number of hydrazone groups is 1. The summed E-state index contributed by atoms with van der Waals surface area (Å²) < 4.78 is 5.09. The first-order valence-electron chi connectivity index (χ1n) is 9.42. The second-order valence-electron chi connectivity index (χ2n) is 6.66. The van der Waals surface area contributed by atoms with E-state index in [1.165, 1.54) is 23.4 Å². The Hall–Kier alpha value is -3.91. The minimum absolute atomic E-state index is 0.117. The molecule has 9 heteroatoms. The van der Waals surface area contributed by atoms with E-state index in [1.807, 2.05) is 6.07 Å². The number of nitrogens with one attached hydrogen (secondary N) is 2. The van der Waals surface area contributed by atoms with Crippen molar-refractivity contribution in [2.24, 2.45) is 5.10 Å². The van der Waals surface area contributed by atoms with Crippen LogP contribution in [0, 0.1) is 0 Å². The summed E-state index contributed by atoms with van der Waals surface area (Å²) in [7, 11) is 0. The van der Waals surface area contributed by atoms with Crippen LogP contribution in [0.2, 0.25) is 5.02 Å². The van der Waals surface area contributed by atoms with Crippen molar-refractivity contribution in [3.63, 3.8) is 0 Å². The Labute approximate surface area is 182 Å². The highest BCUT2D eigenvalue weighted by Crippen LogP contribution is 2.27. The maximum Gasteiger partial charge on any atom is 0.291 e. The van der Waals surface area contributed by atoms with Crippen molar-refractivity contribution in [3.05, 3.63) is 77.7 Å². The first-order chi connectivity index (χ1) is 15.0. The summed E-state index contributed by atoms with van der Waals surface area (Å²) in [6.45, 7) is 0. The molecule has 0 atom stereocenters. The van der Waals surface area contributed by atoms with Gasteiger partial charge in [0.05, 0.1) is 23.3 Å². The van der Waals surface area contributed by atoms with Crippen LogP contribution in [-0.4, -0.2) is 23.4 Å². The summed E-state index contributed by atoms with van der Waals surface area (Å²) in [5.74, 6) is -1.05. The standard InChI is InChI=1S/C22H17ClN4O4/c23-14-8-9-16(18(13-14)25-22(30)19-7-4-12-31-19)24-21(29)17-10-11-20(28)27(26-17)15-5-2-1-3-6-15/h1-9,12-13H,10-11H2,(H,24,29)(H,25,30). The molecule has 3 amide bonds. The van der Waals surface area contributed by atoms with Gasteiger partial charge >= 0.3 is 0 Å². The number of rotatable bonds is 5. The molecule has 0 saturated heterocycles. The van der Waals surface area contributed by atoms with E-state index < -0.39 is 11.8 Å². The number of nitrogens with zero attached hydrogens (tertiary/aromatic N) is 2. The minimum atomic E-state index is -0.487. The lowest BCUT2D eigenvalue weighted by atomic mass is 10.1. The largest absolute Gasteiger partial charge is 0.459 e. The Kier molecular flexibility index (Phi) is 5.81. The van der Waals surface area contributed by atoms with Gasteiger partial charge in [0.15, 0.2) is 5.76 Å². The molecule has 2 heterocycles. The predicted molar refractivity (Wildman–Crippen MR) is 117 cm³/mol. The van der Waals surface area contributed by atoms with Crippen molar-refractivity contribution in [3.8, 4) is 0 Å². The van der Waals surface area contributed by atoms with Crippen molar-refractivity contribution in [2.45, 2.75) is 12.8 Å². The third-order valence-corrected chi connectivity index (χ3v) is 4.75. The number of anilines is 3. The fourth-order valence-corrected chi connectivity index (χ4v) is 3.17. The molecule has 0 saturated carbocycles. The van der Waals surface area contributed by atoms with Crippen LogP contribution >= 0.6 is 11.6 Å². The molecular formula is C22H17ClN4O4. The van der Waals surface area contributed by atoms with E-state index in [-0.39, 0.29) is 30.2 Å². The second-order valence-corrected chi connectivity index (χ2v) is 7.10. The molecule has 3 aromatic rings. The number of benzene rings is 2. The summed E-state index contributed by atoms with van der Waals surface area (Å²) in [5, 5.41) is 11.2. The Balaban J connectivity index is 1.55. The van der Waals surface area contributed by atoms with Gasteiger partial charge in [-0.15, -0.1) is 0 Å². The molecule has 4 rings (SSSR count). The maximum absolute atomic E-state index is 12.9. The van der Waals surface area contributed by atoms with Crippen LogP contribution in [0.25, 0.3) is 0 Å². The topological polar surface area (TPSA) is 104 Å². The van der Waals surface area contributed by atoms with E-state index in [0.717, 1.165) is 0 Å². The SMILES string of the molecule is O=C(Nc1ccc(Cl)cc1NC(=O)c1ccco1)C1=NN(c2ccccc2)C(=O)CC1. The van der Waals surface area contributed by atoms with E-state index in [2.05, 4.69) is 15.7 Å². The molecule has 0 aliphatic carbocycles. The molecule has 2 aromatic carbocycles. The number of amides is 3. The van der Waals surface area contributed by atoms with Crippen molar-refractivity contribution >= 4 is 52.1 Å². The van der Waals surface area contributed by atoms with E-state index in [9.17, 15) is 14.4 Å². The number of carbonyl (C=O) groups is 3. The van der Waals surface area contributed by atoms with Gasteiger partial charge in [-0.05, 0) is 42.5 Å². The van der Waals surface area contributed by atoms with Crippen LogP contribution in [0.4, 0.5) is 17.1 Å². The summed E-state index contributed by atoms with van der Waals surface area (Å²) in [4.78, 5) is 37.5. The zero-order valence-corrected chi connectivity index (χ0v) is 16.9. The van der Waals surface area contributed by atoms with E-state index >= 15 is 0 Å². The molecule has 1 aliphatic rings. The van der Waals surface area contributed by atoms with Crippen LogP contribution in [0.5, 0.6) is 0 Å². The number of furan rings is 1.